The Kier molecular flexibility index (Phi) is 2.23. The summed E-state index contributed by atoms with van der Waals surface area (Å²) in [6.07, 6.45) is 0. The number of nitrogens with two attached hydrogens (primary N) is 1. The van der Waals surface area contributed by atoms with Crippen molar-refractivity contribution in [3.8, 4) is 0 Å². The Labute approximate surface area is 63.5 Å². The van der Waals surface area contributed by atoms with E-state index in [1.54, 1.807) is 12.1 Å². The van der Waals surface area contributed by atoms with E-state index in [0.29, 0.717) is 10.7 Å². The number of halogens is 1. The molecule has 0 aliphatic heterocycles. The van der Waals surface area contributed by atoms with Crippen LogP contribution in [0.5, 0.6) is 0 Å². The van der Waals surface area contributed by atoms with Crippen molar-refractivity contribution in [1.82, 2.24) is 0 Å². The number of hydrogen-bond donors (Lipinski definition) is 1. The Morgan fingerprint density at radius 3 is 2.60 bits per heavy atom. The van der Waals surface area contributed by atoms with Gasteiger partial charge in [0.1, 0.15) is 5.69 Å². The van der Waals surface area contributed by atoms with E-state index in [4.69, 9.17) is 17.4 Å². The predicted octanol–water partition coefficient (Wildman–Crippen LogP) is 2.30. The van der Waals surface area contributed by atoms with Crippen LogP contribution < -0.4 is 5.84 Å². The van der Waals surface area contributed by atoms with Gasteiger partial charge in [-0.3, -0.25) is 0 Å². The van der Waals surface area contributed by atoms with Crippen LogP contribution in [0.25, 0.3) is 0 Å². The molecule has 3 nitrogen and oxygen atoms in total. The van der Waals surface area contributed by atoms with E-state index in [9.17, 15) is 0 Å². The molecule has 1 rings (SSSR count). The van der Waals surface area contributed by atoms with Gasteiger partial charge in [-0.2, -0.15) is 0 Å². The van der Waals surface area contributed by atoms with Crippen molar-refractivity contribution in [3.63, 3.8) is 0 Å². The standard InChI is InChI=1S/C6H6ClN3/c7-5-3-1-2-4-6(5)9-10-8/h1-4H,(H2,8,9). The second-order valence-electron chi connectivity index (χ2n) is 1.67. The smallest absolute Gasteiger partial charge is 0.106 e. The van der Waals surface area contributed by atoms with Crippen LogP contribution >= 0.6 is 11.6 Å². The normalized spacial score (nSPS) is 10.5. The third-order valence-electron chi connectivity index (χ3n) is 1.02. The van der Waals surface area contributed by atoms with Gasteiger partial charge in [-0.1, -0.05) is 29.0 Å². The molecule has 1 aromatic carbocycles. The van der Waals surface area contributed by atoms with Gasteiger partial charge < -0.3 is 5.84 Å². The lowest BCUT2D eigenvalue weighted by Gasteiger charge is -1.91. The Balaban J connectivity index is 3.03. The van der Waals surface area contributed by atoms with E-state index in [1.807, 2.05) is 12.1 Å². The van der Waals surface area contributed by atoms with Crippen molar-refractivity contribution in [2.45, 2.75) is 0 Å². The van der Waals surface area contributed by atoms with Crippen LogP contribution in [0.3, 0.4) is 0 Å². The topological polar surface area (TPSA) is 50.7 Å². The molecule has 0 saturated heterocycles. The molecule has 0 atom stereocenters. The Morgan fingerprint density at radius 2 is 2.00 bits per heavy atom. The van der Waals surface area contributed by atoms with E-state index >= 15 is 0 Å². The van der Waals surface area contributed by atoms with E-state index in [0.717, 1.165) is 0 Å². The van der Waals surface area contributed by atoms with Gasteiger partial charge >= 0.3 is 0 Å². The van der Waals surface area contributed by atoms with Gasteiger partial charge in [0.15, 0.2) is 0 Å². The molecule has 4 heteroatoms. The summed E-state index contributed by atoms with van der Waals surface area (Å²) < 4.78 is 0. The second kappa shape index (κ2) is 3.17. The fourth-order valence-electron chi connectivity index (χ4n) is 0.595. The first kappa shape index (κ1) is 7.02. The van der Waals surface area contributed by atoms with Crippen molar-refractivity contribution in [2.75, 3.05) is 0 Å². The highest BCUT2D eigenvalue weighted by molar-refractivity contribution is 6.32. The summed E-state index contributed by atoms with van der Waals surface area (Å²) in [6, 6.07) is 7.10. The maximum Gasteiger partial charge on any atom is 0.106 e. The van der Waals surface area contributed by atoms with Crippen LogP contribution in [0, 0.1) is 0 Å². The molecule has 1 aromatic rings. The van der Waals surface area contributed by atoms with Gasteiger partial charge in [0.05, 0.1) is 5.02 Å². The largest absolute Gasteiger partial charge is 0.305 e. The molecule has 0 unspecified atom stereocenters. The van der Waals surface area contributed by atoms with Crippen LogP contribution in [0.2, 0.25) is 5.02 Å². The average molecular weight is 156 g/mol. The average Bonchev–Trinajstić information content (AvgIpc) is 1.94. The minimum atomic E-state index is 0.553. The molecule has 0 spiro atoms. The summed E-state index contributed by atoms with van der Waals surface area (Å²) in [5.74, 6) is 4.83. The highest BCUT2D eigenvalue weighted by atomic mass is 35.5. The third kappa shape index (κ3) is 1.45. The van der Waals surface area contributed by atoms with Gasteiger partial charge in [-0.05, 0) is 12.1 Å². The number of benzene rings is 1. The predicted molar refractivity (Wildman–Crippen MR) is 40.2 cm³/mol. The zero-order chi connectivity index (χ0) is 7.40. The number of rotatable bonds is 1. The Hall–Kier alpha value is -1.09. The van der Waals surface area contributed by atoms with Crippen LogP contribution in [-0.4, -0.2) is 0 Å². The van der Waals surface area contributed by atoms with Crippen molar-refractivity contribution in [1.29, 1.82) is 0 Å². The molecule has 0 radical (unpaired) electrons. The second-order valence-corrected chi connectivity index (χ2v) is 2.07. The lowest BCUT2D eigenvalue weighted by atomic mass is 10.3. The Morgan fingerprint density at radius 1 is 1.30 bits per heavy atom. The van der Waals surface area contributed by atoms with Crippen molar-refractivity contribution < 1.29 is 0 Å². The quantitative estimate of drug-likeness (QED) is 0.378. The molecular formula is C6H6ClN3. The van der Waals surface area contributed by atoms with Crippen molar-refractivity contribution >= 4 is 17.3 Å². The zero-order valence-corrected chi connectivity index (χ0v) is 5.92. The molecule has 52 valence electrons. The van der Waals surface area contributed by atoms with Crippen LogP contribution in [0.15, 0.2) is 34.6 Å². The lowest BCUT2D eigenvalue weighted by molar-refractivity contribution is 1.06. The molecule has 2 N–H and O–H groups in total. The van der Waals surface area contributed by atoms with Gasteiger partial charge in [0.2, 0.25) is 0 Å². The first-order chi connectivity index (χ1) is 4.84. The minimum Gasteiger partial charge on any atom is -0.305 e. The first-order valence-electron chi connectivity index (χ1n) is 2.70. The summed E-state index contributed by atoms with van der Waals surface area (Å²) >= 11 is 5.69. The number of nitrogens with zero attached hydrogens (tertiary/aromatic N) is 2. The van der Waals surface area contributed by atoms with Crippen LogP contribution in [-0.2, 0) is 0 Å². The van der Waals surface area contributed by atoms with Gasteiger partial charge in [0, 0.05) is 0 Å². The SMILES string of the molecule is NN=Nc1ccccc1Cl. The highest BCUT2D eigenvalue weighted by Gasteiger charge is 1.93. The fourth-order valence-corrected chi connectivity index (χ4v) is 0.769. The van der Waals surface area contributed by atoms with Crippen LogP contribution in [0.4, 0.5) is 5.69 Å². The third-order valence-corrected chi connectivity index (χ3v) is 1.34. The van der Waals surface area contributed by atoms with Crippen molar-refractivity contribution in [3.05, 3.63) is 29.3 Å². The molecule has 0 heterocycles. The lowest BCUT2D eigenvalue weighted by Crippen LogP contribution is -1.73. The minimum absolute atomic E-state index is 0.553. The zero-order valence-electron chi connectivity index (χ0n) is 5.16. The summed E-state index contributed by atoms with van der Waals surface area (Å²) in [7, 11) is 0. The molecule has 0 aliphatic carbocycles. The summed E-state index contributed by atoms with van der Waals surface area (Å²) in [6.45, 7) is 0. The van der Waals surface area contributed by atoms with E-state index < -0.39 is 0 Å². The molecule has 0 aromatic heterocycles. The summed E-state index contributed by atoms with van der Waals surface area (Å²) in [5.41, 5.74) is 0.590. The monoisotopic (exact) mass is 155 g/mol. The van der Waals surface area contributed by atoms with Gasteiger partial charge in [0.25, 0.3) is 0 Å². The van der Waals surface area contributed by atoms with E-state index in [2.05, 4.69) is 10.3 Å². The molecule has 0 saturated carbocycles. The summed E-state index contributed by atoms with van der Waals surface area (Å²) in [5, 5.41) is 7.24. The van der Waals surface area contributed by atoms with Crippen LogP contribution in [0.1, 0.15) is 0 Å². The molecule has 0 aliphatic rings. The molecular weight excluding hydrogens is 150 g/mol. The van der Waals surface area contributed by atoms with E-state index in [1.165, 1.54) is 0 Å². The molecule has 0 bridgehead atoms. The molecule has 0 fully saturated rings. The van der Waals surface area contributed by atoms with Gasteiger partial charge in [-0.15, -0.1) is 5.11 Å². The summed E-state index contributed by atoms with van der Waals surface area (Å²) in [4.78, 5) is 0. The molecule has 0 amide bonds. The maximum atomic E-state index is 5.69. The highest BCUT2D eigenvalue weighted by Crippen LogP contribution is 2.23. The molecule has 10 heavy (non-hydrogen) atoms. The van der Waals surface area contributed by atoms with Gasteiger partial charge in [-0.25, -0.2) is 0 Å². The van der Waals surface area contributed by atoms with Crippen molar-refractivity contribution in [2.24, 2.45) is 16.2 Å². The Bertz CT molecular complexity index is 247. The number of hydrogen-bond acceptors (Lipinski definition) is 2. The maximum absolute atomic E-state index is 5.69. The first-order valence-corrected chi connectivity index (χ1v) is 3.08. The van der Waals surface area contributed by atoms with E-state index in [-0.39, 0.29) is 0 Å². The fraction of sp³-hybridized carbons (Fsp3) is 0.